The molecule has 1 saturated carbocycles. The summed E-state index contributed by atoms with van der Waals surface area (Å²) >= 11 is 0. The van der Waals surface area contributed by atoms with Crippen LogP contribution in [-0.4, -0.2) is 11.5 Å². The first-order chi connectivity index (χ1) is 8.25. The molecule has 3 N–H and O–H groups in total. The van der Waals surface area contributed by atoms with Crippen LogP contribution in [0.5, 0.6) is 0 Å². The highest BCUT2D eigenvalue weighted by atomic mass is 14.9. The molecule has 3 nitrogen and oxygen atoms in total. The molecule has 1 aliphatic rings. The van der Waals surface area contributed by atoms with Gasteiger partial charge >= 0.3 is 0 Å². The van der Waals surface area contributed by atoms with Gasteiger partial charge in [-0.25, -0.2) is 0 Å². The standard InChI is InChI=1S/C14H17N3/c1-9-7-10(9)8-17-13-5-4-12-11(14(13)15)3-2-6-16-12/h2-6,9-10,17H,7-8,15H2,1H3. The third-order valence-corrected chi connectivity index (χ3v) is 3.66. The number of nitrogens with two attached hydrogens (primary N) is 1. The third-order valence-electron chi connectivity index (χ3n) is 3.66. The number of rotatable bonds is 3. The van der Waals surface area contributed by atoms with E-state index in [1.165, 1.54) is 6.42 Å². The number of benzene rings is 1. The molecule has 1 aromatic carbocycles. The number of aromatic nitrogens is 1. The van der Waals surface area contributed by atoms with Crippen LogP contribution in [0.25, 0.3) is 10.9 Å². The Morgan fingerprint density at radius 3 is 3.00 bits per heavy atom. The Morgan fingerprint density at radius 1 is 1.41 bits per heavy atom. The minimum Gasteiger partial charge on any atom is -0.397 e. The second-order valence-corrected chi connectivity index (χ2v) is 4.95. The fourth-order valence-corrected chi connectivity index (χ4v) is 2.25. The Hall–Kier alpha value is -1.77. The lowest BCUT2D eigenvalue weighted by Gasteiger charge is -2.10. The molecule has 1 aromatic heterocycles. The summed E-state index contributed by atoms with van der Waals surface area (Å²) in [6.07, 6.45) is 3.13. The first kappa shape index (κ1) is 10.4. The molecular weight excluding hydrogens is 210 g/mol. The maximum atomic E-state index is 6.16. The number of nitrogen functional groups attached to an aromatic ring is 1. The molecule has 1 aliphatic carbocycles. The van der Waals surface area contributed by atoms with Gasteiger partial charge in [0.2, 0.25) is 0 Å². The summed E-state index contributed by atoms with van der Waals surface area (Å²) in [5.41, 5.74) is 8.95. The van der Waals surface area contributed by atoms with Crippen LogP contribution in [0.3, 0.4) is 0 Å². The number of hydrogen-bond acceptors (Lipinski definition) is 3. The van der Waals surface area contributed by atoms with Crippen molar-refractivity contribution in [1.82, 2.24) is 4.98 Å². The quantitative estimate of drug-likeness (QED) is 0.793. The van der Waals surface area contributed by atoms with E-state index < -0.39 is 0 Å². The molecule has 0 amide bonds. The molecule has 3 rings (SSSR count). The van der Waals surface area contributed by atoms with E-state index in [4.69, 9.17) is 5.73 Å². The lowest BCUT2D eigenvalue weighted by Crippen LogP contribution is -2.06. The van der Waals surface area contributed by atoms with Crippen molar-refractivity contribution < 1.29 is 0 Å². The van der Waals surface area contributed by atoms with E-state index in [0.29, 0.717) is 0 Å². The van der Waals surface area contributed by atoms with E-state index in [1.807, 2.05) is 24.3 Å². The molecule has 0 spiro atoms. The maximum Gasteiger partial charge on any atom is 0.0724 e. The van der Waals surface area contributed by atoms with Gasteiger partial charge < -0.3 is 11.1 Å². The minimum absolute atomic E-state index is 0.809. The van der Waals surface area contributed by atoms with Crippen LogP contribution < -0.4 is 11.1 Å². The van der Waals surface area contributed by atoms with Crippen LogP contribution in [0, 0.1) is 11.8 Å². The van der Waals surface area contributed by atoms with E-state index >= 15 is 0 Å². The Kier molecular flexibility index (Phi) is 2.39. The predicted molar refractivity (Wildman–Crippen MR) is 71.9 cm³/mol. The molecule has 3 heteroatoms. The summed E-state index contributed by atoms with van der Waals surface area (Å²) < 4.78 is 0. The molecule has 2 unspecified atom stereocenters. The van der Waals surface area contributed by atoms with Crippen LogP contribution in [0.1, 0.15) is 13.3 Å². The van der Waals surface area contributed by atoms with Gasteiger partial charge in [0.25, 0.3) is 0 Å². The molecule has 1 fully saturated rings. The number of nitrogens with zero attached hydrogens (tertiary/aromatic N) is 1. The average Bonchev–Trinajstić information content (AvgIpc) is 3.05. The topological polar surface area (TPSA) is 50.9 Å². The molecule has 0 aliphatic heterocycles. The second kappa shape index (κ2) is 3.91. The highest BCUT2D eigenvalue weighted by Gasteiger charge is 2.31. The van der Waals surface area contributed by atoms with E-state index in [9.17, 15) is 0 Å². The van der Waals surface area contributed by atoms with Crippen molar-refractivity contribution >= 4 is 22.3 Å². The van der Waals surface area contributed by atoms with Gasteiger partial charge in [0, 0.05) is 18.1 Å². The van der Waals surface area contributed by atoms with Crippen LogP contribution in [0.15, 0.2) is 30.5 Å². The second-order valence-electron chi connectivity index (χ2n) is 4.95. The molecule has 1 heterocycles. The van der Waals surface area contributed by atoms with Crippen molar-refractivity contribution in [2.24, 2.45) is 11.8 Å². The van der Waals surface area contributed by atoms with Crippen LogP contribution in [0.4, 0.5) is 11.4 Å². The third kappa shape index (κ3) is 1.93. The van der Waals surface area contributed by atoms with E-state index in [-0.39, 0.29) is 0 Å². The normalized spacial score (nSPS) is 22.6. The largest absolute Gasteiger partial charge is 0.397 e. The van der Waals surface area contributed by atoms with Gasteiger partial charge in [0.1, 0.15) is 0 Å². The zero-order valence-electron chi connectivity index (χ0n) is 9.98. The highest BCUT2D eigenvalue weighted by Crippen LogP contribution is 2.38. The zero-order valence-corrected chi connectivity index (χ0v) is 9.98. The van der Waals surface area contributed by atoms with Gasteiger partial charge in [-0.2, -0.15) is 0 Å². The van der Waals surface area contributed by atoms with Gasteiger partial charge in [0.05, 0.1) is 16.9 Å². The Morgan fingerprint density at radius 2 is 2.24 bits per heavy atom. The van der Waals surface area contributed by atoms with E-state index in [0.717, 1.165) is 40.7 Å². The molecule has 0 radical (unpaired) electrons. The number of hydrogen-bond donors (Lipinski definition) is 2. The Labute approximate surface area is 101 Å². The molecule has 0 saturated heterocycles. The summed E-state index contributed by atoms with van der Waals surface area (Å²) in [4.78, 5) is 4.30. The van der Waals surface area contributed by atoms with Gasteiger partial charge in [-0.3, -0.25) is 4.98 Å². The van der Waals surface area contributed by atoms with Crippen LogP contribution in [0.2, 0.25) is 0 Å². The van der Waals surface area contributed by atoms with Crippen molar-refractivity contribution in [3.05, 3.63) is 30.5 Å². The zero-order chi connectivity index (χ0) is 11.8. The fourth-order valence-electron chi connectivity index (χ4n) is 2.25. The lowest BCUT2D eigenvalue weighted by atomic mass is 10.1. The Bertz CT molecular complexity index is 550. The van der Waals surface area contributed by atoms with Crippen molar-refractivity contribution in [3.63, 3.8) is 0 Å². The minimum atomic E-state index is 0.809. The molecule has 17 heavy (non-hydrogen) atoms. The summed E-state index contributed by atoms with van der Waals surface area (Å²) in [7, 11) is 0. The maximum absolute atomic E-state index is 6.16. The predicted octanol–water partition coefficient (Wildman–Crippen LogP) is 2.88. The van der Waals surface area contributed by atoms with E-state index in [2.05, 4.69) is 17.2 Å². The number of pyridine rings is 1. The summed E-state index contributed by atoms with van der Waals surface area (Å²) in [5.74, 6) is 1.69. The Balaban J connectivity index is 1.86. The van der Waals surface area contributed by atoms with Crippen LogP contribution >= 0.6 is 0 Å². The number of fused-ring (bicyclic) bond motifs is 1. The summed E-state index contributed by atoms with van der Waals surface area (Å²) in [6.45, 7) is 3.32. The monoisotopic (exact) mass is 227 g/mol. The lowest BCUT2D eigenvalue weighted by molar-refractivity contribution is 0.787. The molecule has 0 bridgehead atoms. The van der Waals surface area contributed by atoms with E-state index in [1.54, 1.807) is 6.20 Å². The number of anilines is 2. The SMILES string of the molecule is CC1CC1CNc1ccc2ncccc2c1N. The van der Waals surface area contributed by atoms with Gasteiger partial charge in [-0.15, -0.1) is 0 Å². The van der Waals surface area contributed by atoms with Crippen molar-refractivity contribution in [3.8, 4) is 0 Å². The fraction of sp³-hybridized carbons (Fsp3) is 0.357. The molecule has 2 aromatic rings. The molecule has 88 valence electrons. The van der Waals surface area contributed by atoms with Gasteiger partial charge in [0.15, 0.2) is 0 Å². The first-order valence-corrected chi connectivity index (χ1v) is 6.13. The van der Waals surface area contributed by atoms with Crippen molar-refractivity contribution in [1.29, 1.82) is 0 Å². The summed E-state index contributed by atoms with van der Waals surface area (Å²) in [5, 5.41) is 4.47. The van der Waals surface area contributed by atoms with Gasteiger partial charge in [-0.1, -0.05) is 6.92 Å². The van der Waals surface area contributed by atoms with Crippen molar-refractivity contribution in [2.75, 3.05) is 17.6 Å². The van der Waals surface area contributed by atoms with Gasteiger partial charge in [-0.05, 0) is 42.5 Å². The molecule has 2 atom stereocenters. The highest BCUT2D eigenvalue weighted by molar-refractivity contribution is 5.96. The average molecular weight is 227 g/mol. The molecular formula is C14H17N3. The van der Waals surface area contributed by atoms with Crippen molar-refractivity contribution in [2.45, 2.75) is 13.3 Å². The summed E-state index contributed by atoms with van der Waals surface area (Å²) in [6, 6.07) is 7.98. The number of nitrogens with one attached hydrogen (secondary N) is 1. The first-order valence-electron chi connectivity index (χ1n) is 6.13. The van der Waals surface area contributed by atoms with Crippen LogP contribution in [-0.2, 0) is 0 Å². The smallest absolute Gasteiger partial charge is 0.0724 e.